The van der Waals surface area contributed by atoms with Crippen LogP contribution in [0.1, 0.15) is 0 Å². The quantitative estimate of drug-likeness (QED) is 0.741. The van der Waals surface area contributed by atoms with E-state index in [9.17, 15) is 0 Å². The first-order valence-electron chi connectivity index (χ1n) is 7.79. The number of halogens is 1. The van der Waals surface area contributed by atoms with Crippen LogP contribution >= 0.6 is 11.6 Å². The van der Waals surface area contributed by atoms with Gasteiger partial charge >= 0.3 is 0 Å². The maximum atomic E-state index is 5.90. The minimum atomic E-state index is 0.679. The molecule has 1 aromatic carbocycles. The van der Waals surface area contributed by atoms with Gasteiger partial charge in [-0.3, -0.25) is 9.58 Å². The molecular formula is C17H18ClN5. The van der Waals surface area contributed by atoms with Crippen molar-refractivity contribution in [2.75, 3.05) is 31.1 Å². The summed E-state index contributed by atoms with van der Waals surface area (Å²) in [5.74, 6) is 0.999. The zero-order valence-corrected chi connectivity index (χ0v) is 13.5. The van der Waals surface area contributed by atoms with Crippen LogP contribution in [0.15, 0.2) is 48.8 Å². The molecule has 0 radical (unpaired) electrons. The summed E-state index contributed by atoms with van der Waals surface area (Å²) in [4.78, 5) is 9.12. The van der Waals surface area contributed by atoms with Gasteiger partial charge in [-0.1, -0.05) is 29.8 Å². The molecule has 0 unspecified atom stereocenters. The number of aromatic nitrogens is 3. The number of fused-ring (bicyclic) bond motifs is 1. The largest absolute Gasteiger partial charge is 0.354 e. The van der Waals surface area contributed by atoms with Crippen molar-refractivity contribution in [1.82, 2.24) is 19.7 Å². The number of rotatable bonds is 3. The highest BCUT2D eigenvalue weighted by atomic mass is 35.5. The lowest BCUT2D eigenvalue weighted by atomic mass is 10.2. The minimum Gasteiger partial charge on any atom is -0.354 e. The molecule has 3 heterocycles. The van der Waals surface area contributed by atoms with Gasteiger partial charge < -0.3 is 4.90 Å². The highest BCUT2D eigenvalue weighted by molar-refractivity contribution is 6.30. The van der Waals surface area contributed by atoms with Gasteiger partial charge in [-0.25, -0.2) is 4.98 Å². The molecule has 0 saturated carbocycles. The van der Waals surface area contributed by atoms with Crippen LogP contribution in [0.25, 0.3) is 10.9 Å². The van der Waals surface area contributed by atoms with E-state index in [1.165, 1.54) is 10.9 Å². The smallest absolute Gasteiger partial charge is 0.128 e. The van der Waals surface area contributed by atoms with Crippen LogP contribution in [-0.4, -0.2) is 45.8 Å². The molecule has 118 valence electrons. The molecule has 23 heavy (non-hydrogen) atoms. The van der Waals surface area contributed by atoms with E-state index in [0.717, 1.165) is 38.7 Å². The van der Waals surface area contributed by atoms with Crippen molar-refractivity contribution in [1.29, 1.82) is 0 Å². The van der Waals surface area contributed by atoms with Crippen LogP contribution in [0.3, 0.4) is 0 Å². The van der Waals surface area contributed by atoms with Gasteiger partial charge in [0.25, 0.3) is 0 Å². The van der Waals surface area contributed by atoms with E-state index in [4.69, 9.17) is 11.6 Å². The molecule has 1 aliphatic rings. The van der Waals surface area contributed by atoms with Crippen LogP contribution in [-0.2, 0) is 6.67 Å². The van der Waals surface area contributed by atoms with E-state index < -0.39 is 0 Å². The lowest BCUT2D eigenvalue weighted by Gasteiger charge is -2.35. The van der Waals surface area contributed by atoms with Gasteiger partial charge in [0.05, 0.1) is 23.4 Å². The zero-order valence-electron chi connectivity index (χ0n) is 12.8. The predicted octanol–water partition coefficient (Wildman–Crippen LogP) is 2.86. The van der Waals surface area contributed by atoms with Gasteiger partial charge in [0.15, 0.2) is 0 Å². The average molecular weight is 328 g/mol. The number of nitrogens with zero attached hydrogens (tertiary/aromatic N) is 5. The van der Waals surface area contributed by atoms with Gasteiger partial charge in [-0.2, -0.15) is 5.10 Å². The average Bonchev–Trinajstić information content (AvgIpc) is 3.00. The SMILES string of the molecule is Clc1ccc(N2CCN(Cn3ncc4ccccc43)CC2)nc1. The topological polar surface area (TPSA) is 37.2 Å². The summed E-state index contributed by atoms with van der Waals surface area (Å²) in [6.45, 7) is 4.76. The highest BCUT2D eigenvalue weighted by Gasteiger charge is 2.18. The fraction of sp³-hybridized carbons (Fsp3) is 0.294. The predicted molar refractivity (Wildman–Crippen MR) is 92.8 cm³/mol. The number of hydrogen-bond acceptors (Lipinski definition) is 4. The maximum Gasteiger partial charge on any atom is 0.128 e. The van der Waals surface area contributed by atoms with E-state index >= 15 is 0 Å². The number of anilines is 1. The molecule has 0 spiro atoms. The van der Waals surface area contributed by atoms with Gasteiger partial charge in [0.1, 0.15) is 5.82 Å². The Morgan fingerprint density at radius 2 is 1.78 bits per heavy atom. The summed E-state index contributed by atoms with van der Waals surface area (Å²) in [5.41, 5.74) is 1.19. The van der Waals surface area contributed by atoms with Crippen molar-refractivity contribution < 1.29 is 0 Å². The maximum absolute atomic E-state index is 5.90. The van der Waals surface area contributed by atoms with E-state index in [1.807, 2.05) is 24.4 Å². The van der Waals surface area contributed by atoms with Crippen molar-refractivity contribution >= 4 is 28.3 Å². The molecule has 1 saturated heterocycles. The van der Waals surface area contributed by atoms with Crippen LogP contribution in [0.2, 0.25) is 5.02 Å². The molecule has 6 heteroatoms. The van der Waals surface area contributed by atoms with Crippen LogP contribution < -0.4 is 4.90 Å². The lowest BCUT2D eigenvalue weighted by molar-refractivity contribution is 0.199. The second kappa shape index (κ2) is 6.18. The Labute approximate surface area is 140 Å². The van der Waals surface area contributed by atoms with Gasteiger partial charge in [-0.15, -0.1) is 0 Å². The third-order valence-electron chi connectivity index (χ3n) is 4.29. The van der Waals surface area contributed by atoms with Gasteiger partial charge in [-0.05, 0) is 18.2 Å². The summed E-state index contributed by atoms with van der Waals surface area (Å²) >= 11 is 5.90. The summed E-state index contributed by atoms with van der Waals surface area (Å²) in [7, 11) is 0. The molecule has 0 bridgehead atoms. The molecule has 0 amide bonds. The van der Waals surface area contributed by atoms with Gasteiger partial charge in [0.2, 0.25) is 0 Å². The molecule has 0 aliphatic carbocycles. The van der Waals surface area contributed by atoms with Crippen molar-refractivity contribution in [3.8, 4) is 0 Å². The number of pyridine rings is 1. The minimum absolute atomic E-state index is 0.679. The summed E-state index contributed by atoms with van der Waals surface area (Å²) < 4.78 is 2.07. The van der Waals surface area contributed by atoms with Crippen molar-refractivity contribution in [3.63, 3.8) is 0 Å². The Morgan fingerprint density at radius 1 is 0.957 bits per heavy atom. The number of hydrogen-bond donors (Lipinski definition) is 0. The van der Waals surface area contributed by atoms with Crippen molar-refractivity contribution in [2.45, 2.75) is 6.67 Å². The lowest BCUT2D eigenvalue weighted by Crippen LogP contribution is -2.47. The molecule has 4 rings (SSSR count). The summed E-state index contributed by atoms with van der Waals surface area (Å²) in [6.07, 6.45) is 3.64. The molecule has 2 aromatic heterocycles. The molecular weight excluding hydrogens is 310 g/mol. The third kappa shape index (κ3) is 3.02. The van der Waals surface area contributed by atoms with Gasteiger partial charge in [0, 0.05) is 37.8 Å². The van der Waals surface area contributed by atoms with Crippen LogP contribution in [0.5, 0.6) is 0 Å². The first-order valence-corrected chi connectivity index (χ1v) is 8.17. The van der Waals surface area contributed by atoms with Crippen molar-refractivity contribution in [2.24, 2.45) is 0 Å². The number of para-hydroxylation sites is 1. The van der Waals surface area contributed by atoms with E-state index in [0.29, 0.717) is 5.02 Å². The fourth-order valence-electron chi connectivity index (χ4n) is 3.00. The number of piperazine rings is 1. The summed E-state index contributed by atoms with van der Waals surface area (Å²) in [5, 5.41) is 6.38. The standard InChI is InChI=1S/C17H18ClN5/c18-15-5-6-17(19-12-15)22-9-7-21(8-10-22)13-23-16-4-2-1-3-14(16)11-20-23/h1-6,11-12H,7-10,13H2. The Balaban J connectivity index is 1.41. The Kier molecular flexibility index (Phi) is 3.89. The monoisotopic (exact) mass is 327 g/mol. The first-order chi connectivity index (χ1) is 11.3. The molecule has 5 nitrogen and oxygen atoms in total. The fourth-order valence-corrected chi connectivity index (χ4v) is 3.11. The second-order valence-electron chi connectivity index (χ2n) is 5.78. The molecule has 3 aromatic rings. The summed E-state index contributed by atoms with van der Waals surface area (Å²) in [6, 6.07) is 12.2. The Morgan fingerprint density at radius 3 is 2.57 bits per heavy atom. The molecule has 0 N–H and O–H groups in total. The molecule has 1 fully saturated rings. The van der Waals surface area contributed by atoms with Crippen molar-refractivity contribution in [3.05, 3.63) is 53.8 Å². The first kappa shape index (κ1) is 14.5. The van der Waals surface area contributed by atoms with E-state index in [1.54, 1.807) is 6.20 Å². The molecule has 1 aliphatic heterocycles. The third-order valence-corrected chi connectivity index (χ3v) is 4.52. The number of benzene rings is 1. The van der Waals surface area contributed by atoms with E-state index in [-0.39, 0.29) is 0 Å². The molecule has 0 atom stereocenters. The second-order valence-corrected chi connectivity index (χ2v) is 6.22. The highest BCUT2D eigenvalue weighted by Crippen LogP contribution is 2.17. The normalized spacial score (nSPS) is 16.1. The Bertz CT molecular complexity index is 790. The zero-order chi connectivity index (χ0) is 15.6. The van der Waals surface area contributed by atoms with Crippen LogP contribution in [0, 0.1) is 0 Å². The Hall–Kier alpha value is -2.11. The van der Waals surface area contributed by atoms with E-state index in [2.05, 4.69) is 42.8 Å². The van der Waals surface area contributed by atoms with Crippen LogP contribution in [0.4, 0.5) is 5.82 Å².